The van der Waals surface area contributed by atoms with Gasteiger partial charge < -0.3 is 44.3 Å². The molecule has 0 spiro atoms. The zero-order valence-electron chi connectivity index (χ0n) is 36.4. The molecule has 4 aliphatic rings. The lowest BCUT2D eigenvalue weighted by atomic mass is 9.44. The first-order valence-electron chi connectivity index (χ1n) is 21.2. The van der Waals surface area contributed by atoms with Crippen LogP contribution >= 0.6 is 0 Å². The average Bonchev–Trinajstić information content (AvgIpc) is 3.27. The smallest absolute Gasteiger partial charge is 0.338 e. The summed E-state index contributed by atoms with van der Waals surface area (Å²) in [5, 5.41) is 40.5. The van der Waals surface area contributed by atoms with Gasteiger partial charge in [0, 0.05) is 36.8 Å². The molecule has 4 N–H and O–H groups in total. The van der Waals surface area contributed by atoms with Gasteiger partial charge in [-0.05, 0) is 61.7 Å². The van der Waals surface area contributed by atoms with E-state index in [0.717, 1.165) is 13.0 Å². The number of Topliss-reactive ketones (excluding diaryl/α,β-unsaturated/α-hetero) is 1. The van der Waals surface area contributed by atoms with Crippen molar-refractivity contribution in [1.82, 2.24) is 5.32 Å². The highest BCUT2D eigenvalue weighted by Crippen LogP contribution is 2.64. The molecule has 15 nitrogen and oxygen atoms in total. The average molecular weight is 880 g/mol. The quantitative estimate of drug-likeness (QED) is 0.0914. The normalized spacial score (nSPS) is 31.4. The predicted octanol–water partition coefficient (Wildman–Crippen LogP) is 4.29. The minimum Gasteiger partial charge on any atom is -0.456 e. The third-order valence-electron chi connectivity index (χ3n) is 13.7. The van der Waals surface area contributed by atoms with Gasteiger partial charge in [-0.3, -0.25) is 14.4 Å². The van der Waals surface area contributed by atoms with E-state index in [-0.39, 0.29) is 35.3 Å². The number of hydrogen-bond acceptors (Lipinski definition) is 14. The number of benzene rings is 3. The maximum Gasteiger partial charge on any atom is 0.338 e. The highest BCUT2D eigenvalue weighted by Gasteiger charge is 2.78. The van der Waals surface area contributed by atoms with E-state index < -0.39 is 113 Å². The molecule has 11 atom stereocenters. The van der Waals surface area contributed by atoms with Gasteiger partial charge in [-0.2, -0.15) is 0 Å². The van der Waals surface area contributed by atoms with Gasteiger partial charge in [0.2, 0.25) is 0 Å². The van der Waals surface area contributed by atoms with Crippen LogP contribution in [0.2, 0.25) is 0 Å². The van der Waals surface area contributed by atoms with Crippen molar-refractivity contribution < 1.29 is 67.8 Å². The van der Waals surface area contributed by atoms with Crippen LogP contribution in [-0.4, -0.2) is 105 Å². The second kappa shape index (κ2) is 17.5. The van der Waals surface area contributed by atoms with Gasteiger partial charge in [0.05, 0.1) is 35.6 Å². The number of carbonyl (C=O) groups excluding carboxylic acids is 6. The second-order valence-corrected chi connectivity index (χ2v) is 17.7. The summed E-state index contributed by atoms with van der Waals surface area (Å²) >= 11 is 0. The number of fused-ring (bicyclic) bond motifs is 5. The van der Waals surface area contributed by atoms with Crippen molar-refractivity contribution in [3.8, 4) is 0 Å². The highest BCUT2D eigenvalue weighted by atomic mass is 16.6. The summed E-state index contributed by atoms with van der Waals surface area (Å²) in [5.74, 6) is -6.96. The van der Waals surface area contributed by atoms with Crippen LogP contribution in [-0.2, 0) is 42.9 Å². The molecule has 1 amide bonds. The van der Waals surface area contributed by atoms with Gasteiger partial charge in [0.1, 0.15) is 23.9 Å². The van der Waals surface area contributed by atoms with Gasteiger partial charge in [0.15, 0.2) is 23.6 Å². The number of aliphatic hydroxyl groups excluding tert-OH is 2. The van der Waals surface area contributed by atoms with Crippen molar-refractivity contribution in [2.24, 2.45) is 16.7 Å². The highest BCUT2D eigenvalue weighted by molar-refractivity contribution is 5.96. The first kappa shape index (κ1) is 46.0. The minimum atomic E-state index is -2.41. The molecule has 3 aromatic rings. The number of hydrogen-bond donors (Lipinski definition) is 4. The van der Waals surface area contributed by atoms with E-state index in [2.05, 4.69) is 5.32 Å². The summed E-state index contributed by atoms with van der Waals surface area (Å²) in [6.07, 6.45) is -8.06. The van der Waals surface area contributed by atoms with Crippen LogP contribution < -0.4 is 5.32 Å². The zero-order valence-corrected chi connectivity index (χ0v) is 36.4. The van der Waals surface area contributed by atoms with Crippen molar-refractivity contribution in [2.45, 2.75) is 108 Å². The van der Waals surface area contributed by atoms with Crippen LogP contribution in [0, 0.1) is 16.7 Å². The molecule has 0 aromatic heterocycles. The number of ketones is 1. The van der Waals surface area contributed by atoms with E-state index in [9.17, 15) is 39.3 Å². The molecule has 15 heteroatoms. The number of ether oxygens (including phenoxy) is 5. The maximum atomic E-state index is 15.6. The molecule has 3 aliphatic carbocycles. The lowest BCUT2D eigenvalue weighted by molar-refractivity contribution is -0.345. The van der Waals surface area contributed by atoms with Crippen LogP contribution in [0.1, 0.15) is 86.7 Å². The van der Waals surface area contributed by atoms with E-state index in [1.54, 1.807) is 99.6 Å². The predicted molar refractivity (Wildman–Crippen MR) is 227 cm³/mol. The Balaban J connectivity index is 1.40. The van der Waals surface area contributed by atoms with Crippen molar-refractivity contribution in [3.63, 3.8) is 0 Å². The molecular formula is C49H53NO14. The Morgan fingerprint density at radius 2 is 1.47 bits per heavy atom. The summed E-state index contributed by atoms with van der Waals surface area (Å²) in [7, 11) is 0. The molecule has 0 radical (unpaired) electrons. The van der Waals surface area contributed by atoms with Crippen molar-refractivity contribution in [3.05, 3.63) is 131 Å². The monoisotopic (exact) mass is 879 g/mol. The molecule has 2 saturated carbocycles. The summed E-state index contributed by atoms with van der Waals surface area (Å²) in [4.78, 5) is 84.3. The summed E-state index contributed by atoms with van der Waals surface area (Å²) in [6.45, 7) is 8.39. The molecular weight excluding hydrogens is 827 g/mol. The molecule has 1 saturated heterocycles. The lowest BCUT2D eigenvalue weighted by Crippen LogP contribution is -2.82. The van der Waals surface area contributed by atoms with Gasteiger partial charge in [-0.25, -0.2) is 14.4 Å². The number of allylic oxidation sites excluding steroid dienone is 1. The van der Waals surface area contributed by atoms with Crippen molar-refractivity contribution in [1.29, 1.82) is 0 Å². The number of nitrogens with one attached hydrogen (secondary N) is 1. The van der Waals surface area contributed by atoms with Crippen molar-refractivity contribution >= 4 is 35.6 Å². The van der Waals surface area contributed by atoms with E-state index in [4.69, 9.17) is 23.7 Å². The SMILES string of the molecule is C/C=C/C(=O)O[C@@]12CO[C@@H]1C[C@H](O)[C@@]1(C)C(=O)[C@H](OC(C)=O)C3=C(C)[C@@H](OC(=O)[C@H](O)C(NC(=O)c4ccccc4)c4ccccc4)C[C@@](O)([C@@H](OC(=O)c4ccccc4)C12)C3(C)C. The molecule has 2 bridgehead atoms. The fourth-order valence-corrected chi connectivity index (χ4v) is 10.3. The van der Waals surface area contributed by atoms with E-state index >= 15 is 4.79 Å². The van der Waals surface area contributed by atoms with E-state index in [1.165, 1.54) is 32.1 Å². The Morgan fingerprint density at radius 3 is 2.03 bits per heavy atom. The zero-order chi connectivity index (χ0) is 46.4. The second-order valence-electron chi connectivity index (χ2n) is 17.7. The number of aliphatic hydroxyl groups is 3. The molecule has 3 fully saturated rings. The Kier molecular flexibility index (Phi) is 12.6. The Morgan fingerprint density at radius 1 is 0.875 bits per heavy atom. The maximum absolute atomic E-state index is 15.6. The summed E-state index contributed by atoms with van der Waals surface area (Å²) < 4.78 is 30.6. The van der Waals surface area contributed by atoms with Gasteiger partial charge in [0.25, 0.3) is 5.91 Å². The molecule has 1 aliphatic heterocycles. The Hall–Kier alpha value is -6.00. The molecule has 338 valence electrons. The van der Waals surface area contributed by atoms with Gasteiger partial charge >= 0.3 is 23.9 Å². The third-order valence-corrected chi connectivity index (χ3v) is 13.7. The van der Waals surface area contributed by atoms with Crippen LogP contribution in [0.25, 0.3) is 0 Å². The topological polar surface area (TPSA) is 221 Å². The van der Waals surface area contributed by atoms with Crippen molar-refractivity contribution in [2.75, 3.05) is 6.61 Å². The molecule has 2 unspecified atom stereocenters. The molecule has 64 heavy (non-hydrogen) atoms. The first-order chi connectivity index (χ1) is 30.3. The van der Waals surface area contributed by atoms with Gasteiger partial charge in [-0.15, -0.1) is 0 Å². The van der Waals surface area contributed by atoms with Gasteiger partial charge in [-0.1, -0.05) is 86.7 Å². The Labute approximate surface area is 370 Å². The van der Waals surface area contributed by atoms with Crippen LogP contribution in [0.3, 0.4) is 0 Å². The summed E-state index contributed by atoms with van der Waals surface area (Å²) in [6, 6.07) is 22.9. The number of rotatable bonds is 11. The van der Waals surface area contributed by atoms with Crippen LogP contribution in [0.15, 0.2) is 114 Å². The fourth-order valence-electron chi connectivity index (χ4n) is 10.3. The van der Waals surface area contributed by atoms with Crippen LogP contribution in [0.4, 0.5) is 0 Å². The summed E-state index contributed by atoms with van der Waals surface area (Å²) in [5.41, 5.74) is -7.16. The Bertz CT molecular complexity index is 2370. The number of carbonyl (C=O) groups is 6. The minimum absolute atomic E-state index is 0.00897. The standard InChI is InChI=1S/C49H53NO14/c1-7-17-35(53)64-48-26-60-34(48)24-33(52)47(6)40(48)42(63-44(57)31-22-15-10-16-23-31)49(59)25-32(27(2)36(46(49,4)5)39(41(47)55)61-28(3)51)62-45(58)38(54)37(29-18-11-8-12-19-29)50-43(56)30-20-13-9-14-21-30/h7-23,32-34,37-40,42,52,54,59H,24-26H2,1-6H3,(H,50,56)/b17-7+/t32-,33-,34+,37?,38+,39+,40?,42-,47+,48-,49+/m0/s1. The molecule has 7 rings (SSSR count). The largest absolute Gasteiger partial charge is 0.456 e. The molecule has 3 aromatic carbocycles. The third kappa shape index (κ3) is 7.73. The molecule has 1 heterocycles. The number of amides is 1. The van der Waals surface area contributed by atoms with Crippen LogP contribution in [0.5, 0.6) is 0 Å². The number of esters is 4. The lowest BCUT2D eigenvalue weighted by Gasteiger charge is -2.67. The van der Waals surface area contributed by atoms with E-state index in [0.29, 0.717) is 5.56 Å². The fraction of sp³-hybridized carbons (Fsp3) is 0.429. The first-order valence-corrected chi connectivity index (χ1v) is 21.2. The van der Waals surface area contributed by atoms with E-state index in [1.807, 2.05) is 0 Å².